The van der Waals surface area contributed by atoms with Crippen LogP contribution in [-0.2, 0) is 11.3 Å². The molecule has 2 aromatic rings. The van der Waals surface area contributed by atoms with Gasteiger partial charge in [-0.15, -0.1) is 24.0 Å². The summed E-state index contributed by atoms with van der Waals surface area (Å²) in [5, 5.41) is 9.55. The Hall–Kier alpha value is -1.38. The molecule has 0 spiro atoms. The Morgan fingerprint density at radius 3 is 2.50 bits per heavy atom. The minimum atomic E-state index is 0. The third kappa shape index (κ3) is 6.06. The Balaban J connectivity index is 0.00000280. The maximum Gasteiger partial charge on any atom is 0.191 e. The molecule has 0 bridgehead atoms. The van der Waals surface area contributed by atoms with Crippen LogP contribution in [0.2, 0.25) is 0 Å². The first-order valence-corrected chi connectivity index (χ1v) is 9.92. The highest BCUT2D eigenvalue weighted by atomic mass is 127. The van der Waals surface area contributed by atoms with Gasteiger partial charge in [0.15, 0.2) is 5.96 Å². The number of hydrogen-bond donors (Lipinski definition) is 2. The SMILES string of the molecule is CN=C(NCc1cccc2ccccc12)NCC(C(C)C)N1CCOCC1.I. The van der Waals surface area contributed by atoms with E-state index in [1.807, 2.05) is 7.05 Å². The number of nitrogens with one attached hydrogen (secondary N) is 2. The number of ether oxygens (including phenoxy) is 1. The molecule has 0 aliphatic carbocycles. The van der Waals surface area contributed by atoms with E-state index in [1.165, 1.54) is 16.3 Å². The van der Waals surface area contributed by atoms with Crippen molar-refractivity contribution in [3.63, 3.8) is 0 Å². The fourth-order valence-corrected chi connectivity index (χ4v) is 3.74. The van der Waals surface area contributed by atoms with Crippen molar-refractivity contribution in [1.29, 1.82) is 0 Å². The smallest absolute Gasteiger partial charge is 0.191 e. The Labute approximate surface area is 185 Å². The van der Waals surface area contributed by atoms with Crippen molar-refractivity contribution in [1.82, 2.24) is 15.5 Å². The molecule has 3 rings (SSSR count). The number of morpholine rings is 1. The lowest BCUT2D eigenvalue weighted by molar-refractivity contribution is 0.00752. The summed E-state index contributed by atoms with van der Waals surface area (Å²) in [7, 11) is 1.83. The van der Waals surface area contributed by atoms with Crippen LogP contribution in [0.3, 0.4) is 0 Å². The van der Waals surface area contributed by atoms with E-state index in [2.05, 4.69) is 76.8 Å². The molecule has 6 heteroatoms. The van der Waals surface area contributed by atoms with Crippen LogP contribution in [0.5, 0.6) is 0 Å². The summed E-state index contributed by atoms with van der Waals surface area (Å²) in [6, 6.07) is 15.4. The van der Waals surface area contributed by atoms with E-state index in [0.29, 0.717) is 12.0 Å². The Kier molecular flexibility index (Phi) is 9.47. The molecular weight excluding hydrogens is 463 g/mol. The zero-order valence-corrected chi connectivity index (χ0v) is 19.5. The molecule has 0 aromatic heterocycles. The molecule has 1 aliphatic rings. The number of nitrogens with zero attached hydrogens (tertiary/aromatic N) is 2. The number of rotatable bonds is 6. The zero-order chi connectivity index (χ0) is 19.1. The standard InChI is InChI=1S/C22H32N4O.HI/c1-17(2)21(26-11-13-27-14-12-26)16-25-22(23-3)24-15-19-9-6-8-18-7-4-5-10-20(18)19;/h4-10,17,21H,11-16H2,1-3H3,(H2,23,24,25);1H. The lowest BCUT2D eigenvalue weighted by Gasteiger charge is -2.37. The number of benzene rings is 2. The van der Waals surface area contributed by atoms with E-state index in [0.717, 1.165) is 45.4 Å². The normalized spacial score (nSPS) is 16.6. The minimum absolute atomic E-state index is 0. The highest BCUT2D eigenvalue weighted by Crippen LogP contribution is 2.18. The molecule has 1 unspecified atom stereocenters. The largest absolute Gasteiger partial charge is 0.379 e. The van der Waals surface area contributed by atoms with Gasteiger partial charge in [-0.2, -0.15) is 0 Å². The molecule has 1 atom stereocenters. The van der Waals surface area contributed by atoms with E-state index in [-0.39, 0.29) is 24.0 Å². The van der Waals surface area contributed by atoms with E-state index in [9.17, 15) is 0 Å². The molecule has 0 saturated carbocycles. The lowest BCUT2D eigenvalue weighted by Crippen LogP contribution is -2.52. The molecule has 0 radical (unpaired) electrons. The molecule has 1 heterocycles. The van der Waals surface area contributed by atoms with Crippen molar-refractivity contribution in [2.24, 2.45) is 10.9 Å². The number of aliphatic imine (C=N–C) groups is 1. The Morgan fingerprint density at radius 1 is 1.07 bits per heavy atom. The zero-order valence-electron chi connectivity index (χ0n) is 17.1. The molecule has 1 saturated heterocycles. The van der Waals surface area contributed by atoms with Crippen LogP contribution in [0.1, 0.15) is 19.4 Å². The minimum Gasteiger partial charge on any atom is -0.379 e. The second-order valence-electron chi connectivity index (χ2n) is 7.40. The van der Waals surface area contributed by atoms with Gasteiger partial charge in [0.2, 0.25) is 0 Å². The van der Waals surface area contributed by atoms with Crippen LogP contribution in [0.4, 0.5) is 0 Å². The molecule has 0 amide bonds. The second-order valence-corrected chi connectivity index (χ2v) is 7.40. The summed E-state index contributed by atoms with van der Waals surface area (Å²) < 4.78 is 5.50. The van der Waals surface area contributed by atoms with Crippen molar-refractivity contribution < 1.29 is 4.74 Å². The molecule has 154 valence electrons. The van der Waals surface area contributed by atoms with Crippen molar-refractivity contribution in [2.45, 2.75) is 26.4 Å². The van der Waals surface area contributed by atoms with Crippen molar-refractivity contribution in [3.8, 4) is 0 Å². The van der Waals surface area contributed by atoms with Crippen LogP contribution >= 0.6 is 24.0 Å². The molecule has 2 N–H and O–H groups in total. The van der Waals surface area contributed by atoms with E-state index < -0.39 is 0 Å². The summed E-state index contributed by atoms with van der Waals surface area (Å²) in [4.78, 5) is 6.94. The van der Waals surface area contributed by atoms with E-state index >= 15 is 0 Å². The van der Waals surface area contributed by atoms with Gasteiger partial charge >= 0.3 is 0 Å². The fourth-order valence-electron chi connectivity index (χ4n) is 3.74. The monoisotopic (exact) mass is 496 g/mol. The summed E-state index contributed by atoms with van der Waals surface area (Å²) >= 11 is 0. The summed E-state index contributed by atoms with van der Waals surface area (Å²) in [5.74, 6) is 1.42. The fraction of sp³-hybridized carbons (Fsp3) is 0.500. The predicted molar refractivity (Wildman–Crippen MR) is 129 cm³/mol. The highest BCUT2D eigenvalue weighted by Gasteiger charge is 2.23. The summed E-state index contributed by atoms with van der Waals surface area (Å²) in [6.07, 6.45) is 0. The van der Waals surface area contributed by atoms with Gasteiger partial charge in [-0.1, -0.05) is 56.3 Å². The first-order valence-electron chi connectivity index (χ1n) is 9.92. The first kappa shape index (κ1) is 22.9. The lowest BCUT2D eigenvalue weighted by atomic mass is 10.0. The average molecular weight is 496 g/mol. The van der Waals surface area contributed by atoms with Crippen LogP contribution in [0.15, 0.2) is 47.5 Å². The van der Waals surface area contributed by atoms with Crippen molar-refractivity contribution in [3.05, 3.63) is 48.0 Å². The van der Waals surface area contributed by atoms with Gasteiger partial charge in [0, 0.05) is 39.3 Å². The molecule has 1 fully saturated rings. The van der Waals surface area contributed by atoms with E-state index in [4.69, 9.17) is 4.74 Å². The molecule has 1 aliphatic heterocycles. The maximum atomic E-state index is 5.50. The Bertz CT molecular complexity index is 754. The number of fused-ring (bicyclic) bond motifs is 1. The van der Waals surface area contributed by atoms with Gasteiger partial charge in [-0.25, -0.2) is 0 Å². The Morgan fingerprint density at radius 2 is 1.79 bits per heavy atom. The average Bonchev–Trinajstić information content (AvgIpc) is 2.71. The van der Waals surface area contributed by atoms with Crippen molar-refractivity contribution in [2.75, 3.05) is 39.9 Å². The summed E-state index contributed by atoms with van der Waals surface area (Å²) in [6.45, 7) is 9.88. The third-order valence-electron chi connectivity index (χ3n) is 5.31. The topological polar surface area (TPSA) is 48.9 Å². The number of hydrogen-bond acceptors (Lipinski definition) is 3. The predicted octanol–water partition coefficient (Wildman–Crippen LogP) is 3.48. The first-order chi connectivity index (χ1) is 13.2. The molecular formula is C22H33IN4O. The maximum absolute atomic E-state index is 5.50. The van der Waals surface area contributed by atoms with Gasteiger partial charge in [0.25, 0.3) is 0 Å². The number of halogens is 1. The van der Waals surface area contributed by atoms with Gasteiger partial charge in [0.1, 0.15) is 0 Å². The van der Waals surface area contributed by atoms with E-state index in [1.54, 1.807) is 0 Å². The van der Waals surface area contributed by atoms with Crippen LogP contribution in [0, 0.1) is 5.92 Å². The molecule has 28 heavy (non-hydrogen) atoms. The van der Waals surface area contributed by atoms with Crippen LogP contribution in [0.25, 0.3) is 10.8 Å². The van der Waals surface area contributed by atoms with Gasteiger partial charge in [-0.3, -0.25) is 9.89 Å². The molecule has 2 aromatic carbocycles. The van der Waals surface area contributed by atoms with Crippen LogP contribution < -0.4 is 10.6 Å². The highest BCUT2D eigenvalue weighted by molar-refractivity contribution is 14.0. The van der Waals surface area contributed by atoms with Gasteiger partial charge < -0.3 is 15.4 Å². The molecule has 5 nitrogen and oxygen atoms in total. The quantitative estimate of drug-likeness (QED) is 0.366. The van der Waals surface area contributed by atoms with Gasteiger partial charge in [0.05, 0.1) is 13.2 Å². The summed E-state index contributed by atoms with van der Waals surface area (Å²) in [5.41, 5.74) is 1.28. The third-order valence-corrected chi connectivity index (χ3v) is 5.31. The van der Waals surface area contributed by atoms with Crippen LogP contribution in [-0.4, -0.2) is 56.8 Å². The van der Waals surface area contributed by atoms with Crippen molar-refractivity contribution >= 4 is 40.7 Å². The second kappa shape index (κ2) is 11.6. The van der Waals surface area contributed by atoms with Gasteiger partial charge in [-0.05, 0) is 22.3 Å². The number of guanidine groups is 1.